The Morgan fingerprint density at radius 1 is 1.71 bits per heavy atom. The van der Waals surface area contributed by atoms with E-state index < -0.39 is 6.10 Å². The van der Waals surface area contributed by atoms with E-state index in [1.807, 2.05) is 0 Å². The number of aliphatic hydroxyl groups excluding tert-OH is 1. The average molecular weight is 197 g/mol. The van der Waals surface area contributed by atoms with Crippen LogP contribution in [-0.4, -0.2) is 33.8 Å². The lowest BCUT2D eigenvalue weighted by molar-refractivity contribution is 0.0583. The van der Waals surface area contributed by atoms with Crippen molar-refractivity contribution in [2.24, 2.45) is 5.92 Å². The van der Waals surface area contributed by atoms with E-state index in [0.29, 0.717) is 0 Å². The second-order valence-electron chi connectivity index (χ2n) is 3.76. The lowest BCUT2D eigenvalue weighted by Gasteiger charge is -2.10. The maximum Gasteiger partial charge on any atom is 0.120 e. The Labute approximate surface area is 82.7 Å². The lowest BCUT2D eigenvalue weighted by Crippen LogP contribution is -2.13. The summed E-state index contributed by atoms with van der Waals surface area (Å²) in [6, 6.07) is 0. The van der Waals surface area contributed by atoms with Crippen molar-refractivity contribution in [3.8, 4) is 0 Å². The summed E-state index contributed by atoms with van der Waals surface area (Å²) < 4.78 is 6.66. The van der Waals surface area contributed by atoms with E-state index in [-0.39, 0.29) is 6.61 Å². The van der Waals surface area contributed by atoms with Crippen molar-refractivity contribution in [1.82, 2.24) is 15.0 Å². The van der Waals surface area contributed by atoms with Gasteiger partial charge in [-0.25, -0.2) is 4.68 Å². The second-order valence-corrected chi connectivity index (χ2v) is 3.76. The molecule has 2 rings (SSSR count). The zero-order valence-electron chi connectivity index (χ0n) is 8.26. The Morgan fingerprint density at radius 3 is 3.14 bits per heavy atom. The maximum atomic E-state index is 9.70. The Morgan fingerprint density at radius 2 is 2.50 bits per heavy atom. The molecule has 0 bridgehead atoms. The molecule has 1 saturated carbocycles. The van der Waals surface area contributed by atoms with Crippen molar-refractivity contribution in [1.29, 1.82) is 0 Å². The van der Waals surface area contributed by atoms with Crippen LogP contribution in [0.1, 0.15) is 24.6 Å². The minimum absolute atomic E-state index is 0.290. The summed E-state index contributed by atoms with van der Waals surface area (Å²) in [5.74, 6) is 0.727. The molecule has 1 fully saturated rings. The topological polar surface area (TPSA) is 60.2 Å². The summed E-state index contributed by atoms with van der Waals surface area (Å²) in [7, 11) is 1.57. The molecular weight excluding hydrogens is 182 g/mol. The molecule has 0 saturated heterocycles. The molecule has 1 aliphatic rings. The summed E-state index contributed by atoms with van der Waals surface area (Å²) in [6.45, 7) is 1.16. The van der Waals surface area contributed by atoms with Gasteiger partial charge in [-0.1, -0.05) is 5.21 Å². The van der Waals surface area contributed by atoms with Crippen LogP contribution in [0, 0.1) is 5.92 Å². The van der Waals surface area contributed by atoms with Crippen LogP contribution in [0.15, 0.2) is 6.20 Å². The second kappa shape index (κ2) is 4.06. The summed E-state index contributed by atoms with van der Waals surface area (Å²) in [6.07, 6.45) is 3.51. The Balaban J connectivity index is 2.03. The van der Waals surface area contributed by atoms with Gasteiger partial charge in [0.2, 0.25) is 0 Å². The van der Waals surface area contributed by atoms with Gasteiger partial charge in [0.25, 0.3) is 0 Å². The third-order valence-electron chi connectivity index (χ3n) is 2.44. The minimum atomic E-state index is -0.617. The molecule has 0 amide bonds. The van der Waals surface area contributed by atoms with E-state index in [2.05, 4.69) is 10.3 Å². The normalized spacial score (nSPS) is 18.4. The summed E-state index contributed by atoms with van der Waals surface area (Å²) in [5.41, 5.74) is 0.749. The number of aliphatic hydroxyl groups is 1. The van der Waals surface area contributed by atoms with Gasteiger partial charge in [-0.05, 0) is 18.8 Å². The fourth-order valence-electron chi connectivity index (χ4n) is 1.45. The van der Waals surface area contributed by atoms with E-state index in [0.717, 1.165) is 18.2 Å². The molecule has 1 aromatic rings. The molecule has 0 spiro atoms. The van der Waals surface area contributed by atoms with Crippen LogP contribution in [0.25, 0.3) is 0 Å². The van der Waals surface area contributed by atoms with E-state index in [1.165, 1.54) is 12.8 Å². The Kier molecular flexibility index (Phi) is 2.79. The van der Waals surface area contributed by atoms with Crippen LogP contribution in [0.3, 0.4) is 0 Å². The molecule has 0 aromatic carbocycles. The third kappa shape index (κ3) is 2.10. The first kappa shape index (κ1) is 9.61. The van der Waals surface area contributed by atoms with Crippen molar-refractivity contribution in [2.75, 3.05) is 13.7 Å². The Bertz CT molecular complexity index is 296. The minimum Gasteiger partial charge on any atom is -0.384 e. The third-order valence-corrected chi connectivity index (χ3v) is 2.44. The van der Waals surface area contributed by atoms with Gasteiger partial charge in [0.05, 0.1) is 18.5 Å². The quantitative estimate of drug-likeness (QED) is 0.740. The van der Waals surface area contributed by atoms with Crippen molar-refractivity contribution >= 4 is 0 Å². The van der Waals surface area contributed by atoms with E-state index in [4.69, 9.17) is 4.74 Å². The van der Waals surface area contributed by atoms with Crippen LogP contribution in [-0.2, 0) is 11.3 Å². The highest BCUT2D eigenvalue weighted by molar-refractivity contribution is 4.99. The van der Waals surface area contributed by atoms with Crippen molar-refractivity contribution < 1.29 is 9.84 Å². The number of rotatable bonds is 5. The number of nitrogens with zero attached hydrogens (tertiary/aromatic N) is 3. The molecular formula is C9H15N3O2. The number of methoxy groups -OCH3 is 1. The molecule has 1 aliphatic carbocycles. The number of aromatic nitrogens is 3. The molecule has 0 aliphatic heterocycles. The SMILES string of the molecule is COCC(O)c1cnnn1CC1CC1. The Hall–Kier alpha value is -0.940. The molecule has 14 heavy (non-hydrogen) atoms. The average Bonchev–Trinajstić information content (AvgIpc) is 2.82. The van der Waals surface area contributed by atoms with Crippen molar-refractivity contribution in [3.63, 3.8) is 0 Å². The van der Waals surface area contributed by atoms with Gasteiger partial charge in [0.1, 0.15) is 6.10 Å². The smallest absolute Gasteiger partial charge is 0.120 e. The predicted molar refractivity (Wildman–Crippen MR) is 49.6 cm³/mol. The highest BCUT2D eigenvalue weighted by Crippen LogP contribution is 2.31. The summed E-state index contributed by atoms with van der Waals surface area (Å²) >= 11 is 0. The summed E-state index contributed by atoms with van der Waals surface area (Å²) in [5, 5.41) is 17.5. The molecule has 0 radical (unpaired) electrons. The molecule has 78 valence electrons. The fourth-order valence-corrected chi connectivity index (χ4v) is 1.45. The molecule has 5 nitrogen and oxygen atoms in total. The van der Waals surface area contributed by atoms with Crippen LogP contribution in [0.2, 0.25) is 0 Å². The lowest BCUT2D eigenvalue weighted by atomic mass is 10.3. The molecule has 1 atom stereocenters. The zero-order chi connectivity index (χ0) is 9.97. The molecule has 1 N–H and O–H groups in total. The van der Waals surface area contributed by atoms with Gasteiger partial charge in [-0.15, -0.1) is 5.10 Å². The van der Waals surface area contributed by atoms with E-state index in [9.17, 15) is 5.11 Å². The monoisotopic (exact) mass is 197 g/mol. The first-order valence-corrected chi connectivity index (χ1v) is 4.86. The number of hydrogen-bond donors (Lipinski definition) is 1. The standard InChI is InChI=1S/C9H15N3O2/c1-14-6-9(13)8-4-10-11-12(8)5-7-2-3-7/h4,7,9,13H,2-3,5-6H2,1H3. The van der Waals surface area contributed by atoms with Gasteiger partial charge < -0.3 is 9.84 Å². The first-order valence-electron chi connectivity index (χ1n) is 4.86. The molecule has 5 heteroatoms. The first-order chi connectivity index (χ1) is 6.81. The fraction of sp³-hybridized carbons (Fsp3) is 0.778. The van der Waals surface area contributed by atoms with Crippen LogP contribution in [0.4, 0.5) is 0 Å². The van der Waals surface area contributed by atoms with Gasteiger partial charge in [0.15, 0.2) is 0 Å². The number of ether oxygens (including phenoxy) is 1. The van der Waals surface area contributed by atoms with Crippen LogP contribution < -0.4 is 0 Å². The molecule has 1 unspecified atom stereocenters. The van der Waals surface area contributed by atoms with Gasteiger partial charge in [-0.3, -0.25) is 0 Å². The highest BCUT2D eigenvalue weighted by Gasteiger charge is 2.24. The van der Waals surface area contributed by atoms with Gasteiger partial charge in [-0.2, -0.15) is 0 Å². The highest BCUT2D eigenvalue weighted by atomic mass is 16.5. The van der Waals surface area contributed by atoms with Crippen LogP contribution in [0.5, 0.6) is 0 Å². The molecule has 1 aromatic heterocycles. The van der Waals surface area contributed by atoms with Crippen molar-refractivity contribution in [3.05, 3.63) is 11.9 Å². The van der Waals surface area contributed by atoms with Gasteiger partial charge in [0, 0.05) is 13.7 Å². The van der Waals surface area contributed by atoms with E-state index in [1.54, 1.807) is 18.0 Å². The van der Waals surface area contributed by atoms with Gasteiger partial charge >= 0.3 is 0 Å². The summed E-state index contributed by atoms with van der Waals surface area (Å²) in [4.78, 5) is 0. The largest absolute Gasteiger partial charge is 0.384 e. The van der Waals surface area contributed by atoms with Crippen molar-refractivity contribution in [2.45, 2.75) is 25.5 Å². The maximum absolute atomic E-state index is 9.70. The van der Waals surface area contributed by atoms with E-state index >= 15 is 0 Å². The molecule has 1 heterocycles. The van der Waals surface area contributed by atoms with Crippen LogP contribution >= 0.6 is 0 Å². The number of hydrogen-bond acceptors (Lipinski definition) is 4. The zero-order valence-corrected chi connectivity index (χ0v) is 8.26. The predicted octanol–water partition coefficient (Wildman–Crippen LogP) is 0.368.